The van der Waals surface area contributed by atoms with E-state index in [0.717, 1.165) is 17.1 Å². The Morgan fingerprint density at radius 2 is 1.74 bits per heavy atom. The highest BCUT2D eigenvalue weighted by Crippen LogP contribution is 2.12. The third-order valence-corrected chi connectivity index (χ3v) is 4.07. The van der Waals surface area contributed by atoms with Crippen LogP contribution < -0.4 is 5.32 Å². The smallest absolute Gasteiger partial charge is 0.126 e. The standard InChI is InChI=1S/C19H24ClNO2/c1-15(17-5-3-2-4-6-17)11-21-12-19(22)14-23-13-16-7-9-18(20)10-8-16/h2-10,15,19,21-22H,11-14H2,1H3/p+1/t15-,19-/m0/s1. The van der Waals surface area contributed by atoms with Gasteiger partial charge < -0.3 is 15.2 Å². The molecule has 0 aliphatic heterocycles. The molecule has 2 atom stereocenters. The highest BCUT2D eigenvalue weighted by molar-refractivity contribution is 6.30. The number of ether oxygens (including phenoxy) is 1. The van der Waals surface area contributed by atoms with E-state index in [1.165, 1.54) is 5.56 Å². The Hall–Kier alpha value is -1.39. The van der Waals surface area contributed by atoms with Gasteiger partial charge in [-0.15, -0.1) is 0 Å². The lowest BCUT2D eigenvalue weighted by Gasteiger charge is -2.13. The van der Waals surface area contributed by atoms with Crippen molar-refractivity contribution < 1.29 is 15.2 Å². The van der Waals surface area contributed by atoms with E-state index >= 15 is 0 Å². The summed E-state index contributed by atoms with van der Waals surface area (Å²) in [6.45, 7) is 4.65. The van der Waals surface area contributed by atoms with Crippen molar-refractivity contribution in [3.63, 3.8) is 0 Å². The maximum atomic E-state index is 9.98. The summed E-state index contributed by atoms with van der Waals surface area (Å²) in [5.41, 5.74) is 2.39. The normalized spacial score (nSPS) is 13.7. The van der Waals surface area contributed by atoms with Crippen LogP contribution in [0.1, 0.15) is 24.0 Å². The van der Waals surface area contributed by atoms with E-state index in [1.54, 1.807) is 0 Å². The molecule has 3 nitrogen and oxygen atoms in total. The molecule has 0 fully saturated rings. The molecular weight excluding hydrogens is 310 g/mol. The highest BCUT2D eigenvalue weighted by Gasteiger charge is 2.10. The number of hydrogen-bond acceptors (Lipinski definition) is 2. The molecule has 0 aromatic heterocycles. The van der Waals surface area contributed by atoms with Gasteiger partial charge in [0.15, 0.2) is 0 Å². The number of halogens is 1. The minimum atomic E-state index is -0.453. The summed E-state index contributed by atoms with van der Waals surface area (Å²) < 4.78 is 5.55. The molecule has 0 amide bonds. The molecule has 0 heterocycles. The van der Waals surface area contributed by atoms with Gasteiger partial charge in [0, 0.05) is 10.9 Å². The van der Waals surface area contributed by atoms with Crippen LogP contribution in [0.4, 0.5) is 0 Å². The summed E-state index contributed by atoms with van der Waals surface area (Å²) in [5.74, 6) is 0.471. The van der Waals surface area contributed by atoms with Crippen molar-refractivity contribution in [2.24, 2.45) is 0 Å². The molecule has 4 heteroatoms. The SMILES string of the molecule is C[C@@H](C[NH2+]C[C@H](O)COCc1ccc(Cl)cc1)c1ccccc1. The molecule has 0 spiro atoms. The van der Waals surface area contributed by atoms with Gasteiger partial charge in [-0.25, -0.2) is 0 Å². The van der Waals surface area contributed by atoms with E-state index < -0.39 is 6.10 Å². The molecule has 2 aromatic carbocycles. The molecule has 2 rings (SSSR count). The van der Waals surface area contributed by atoms with Crippen LogP contribution in [0.3, 0.4) is 0 Å². The number of benzene rings is 2. The van der Waals surface area contributed by atoms with Crippen molar-refractivity contribution >= 4 is 11.6 Å². The number of hydrogen-bond donors (Lipinski definition) is 2. The molecule has 0 aliphatic carbocycles. The van der Waals surface area contributed by atoms with Gasteiger partial charge in [-0.3, -0.25) is 0 Å². The van der Waals surface area contributed by atoms with Crippen LogP contribution in [-0.4, -0.2) is 30.9 Å². The monoisotopic (exact) mass is 334 g/mol. The van der Waals surface area contributed by atoms with Crippen LogP contribution in [0.15, 0.2) is 54.6 Å². The summed E-state index contributed by atoms with van der Waals surface area (Å²) in [4.78, 5) is 0. The minimum absolute atomic E-state index is 0.346. The van der Waals surface area contributed by atoms with Crippen molar-refractivity contribution in [2.75, 3.05) is 19.7 Å². The van der Waals surface area contributed by atoms with Crippen molar-refractivity contribution in [2.45, 2.75) is 25.6 Å². The second kappa shape index (κ2) is 9.68. The lowest BCUT2D eigenvalue weighted by Crippen LogP contribution is -2.87. The predicted octanol–water partition coefficient (Wildman–Crippen LogP) is 2.58. The zero-order chi connectivity index (χ0) is 16.5. The zero-order valence-electron chi connectivity index (χ0n) is 13.5. The average molecular weight is 335 g/mol. The zero-order valence-corrected chi connectivity index (χ0v) is 14.2. The van der Waals surface area contributed by atoms with Crippen molar-refractivity contribution in [1.82, 2.24) is 0 Å². The lowest BCUT2D eigenvalue weighted by molar-refractivity contribution is -0.663. The van der Waals surface area contributed by atoms with E-state index in [9.17, 15) is 5.11 Å². The average Bonchev–Trinajstić information content (AvgIpc) is 2.57. The highest BCUT2D eigenvalue weighted by atomic mass is 35.5. The topological polar surface area (TPSA) is 46.1 Å². The molecule has 124 valence electrons. The van der Waals surface area contributed by atoms with Gasteiger partial charge in [-0.05, 0) is 23.3 Å². The fraction of sp³-hybridized carbons (Fsp3) is 0.368. The third kappa shape index (κ3) is 6.71. The largest absolute Gasteiger partial charge is 0.385 e. The first-order chi connectivity index (χ1) is 11.1. The number of nitrogens with two attached hydrogens (primary N) is 1. The second-order valence-electron chi connectivity index (χ2n) is 5.87. The number of quaternary nitrogens is 1. The summed E-state index contributed by atoms with van der Waals surface area (Å²) >= 11 is 5.84. The summed E-state index contributed by atoms with van der Waals surface area (Å²) in [5, 5.41) is 12.8. The molecule has 0 unspecified atom stereocenters. The molecule has 2 aromatic rings. The maximum absolute atomic E-state index is 9.98. The van der Waals surface area contributed by atoms with Gasteiger partial charge in [0.2, 0.25) is 0 Å². The first kappa shape index (κ1) is 18.0. The molecule has 0 bridgehead atoms. The molecule has 0 radical (unpaired) electrons. The van der Waals surface area contributed by atoms with Crippen LogP contribution in [0, 0.1) is 0 Å². The maximum Gasteiger partial charge on any atom is 0.126 e. The van der Waals surface area contributed by atoms with E-state index in [0.29, 0.717) is 25.7 Å². The van der Waals surface area contributed by atoms with Gasteiger partial charge in [0.25, 0.3) is 0 Å². The van der Waals surface area contributed by atoms with E-state index in [-0.39, 0.29) is 0 Å². The second-order valence-corrected chi connectivity index (χ2v) is 6.30. The lowest BCUT2D eigenvalue weighted by atomic mass is 10.0. The molecular formula is C19H25ClNO2+. The van der Waals surface area contributed by atoms with Gasteiger partial charge in [0.05, 0.1) is 19.8 Å². The van der Waals surface area contributed by atoms with Gasteiger partial charge >= 0.3 is 0 Å². The first-order valence-electron chi connectivity index (χ1n) is 8.02. The first-order valence-corrected chi connectivity index (χ1v) is 8.40. The summed E-state index contributed by atoms with van der Waals surface area (Å²) in [6, 6.07) is 18.0. The molecule has 23 heavy (non-hydrogen) atoms. The quantitative estimate of drug-likeness (QED) is 0.740. The van der Waals surface area contributed by atoms with Crippen LogP contribution >= 0.6 is 11.6 Å². The van der Waals surface area contributed by atoms with E-state index in [2.05, 4.69) is 36.5 Å². The molecule has 0 saturated heterocycles. The predicted molar refractivity (Wildman–Crippen MR) is 93.6 cm³/mol. The Morgan fingerprint density at radius 3 is 2.43 bits per heavy atom. The van der Waals surface area contributed by atoms with Crippen molar-refractivity contribution in [1.29, 1.82) is 0 Å². The minimum Gasteiger partial charge on any atom is -0.385 e. The van der Waals surface area contributed by atoms with Gasteiger partial charge in [0.1, 0.15) is 12.6 Å². The Bertz CT molecular complexity index is 559. The third-order valence-electron chi connectivity index (χ3n) is 3.82. The van der Waals surface area contributed by atoms with E-state index in [4.69, 9.17) is 16.3 Å². The Kier molecular flexibility index (Phi) is 7.56. The fourth-order valence-electron chi connectivity index (χ4n) is 2.42. The Balaban J connectivity index is 1.60. The van der Waals surface area contributed by atoms with Crippen LogP contribution in [0.5, 0.6) is 0 Å². The Morgan fingerprint density at radius 1 is 1.04 bits per heavy atom. The fourth-order valence-corrected chi connectivity index (χ4v) is 2.54. The van der Waals surface area contributed by atoms with Gasteiger partial charge in [-0.2, -0.15) is 0 Å². The molecule has 0 aliphatic rings. The molecule has 3 N–H and O–H groups in total. The molecule has 0 saturated carbocycles. The van der Waals surface area contributed by atoms with Gasteiger partial charge in [-0.1, -0.05) is 61.0 Å². The van der Waals surface area contributed by atoms with Crippen molar-refractivity contribution in [3.05, 3.63) is 70.7 Å². The summed E-state index contributed by atoms with van der Waals surface area (Å²) in [7, 11) is 0. The number of aliphatic hydroxyl groups is 1. The van der Waals surface area contributed by atoms with Crippen molar-refractivity contribution in [3.8, 4) is 0 Å². The number of aliphatic hydroxyl groups excluding tert-OH is 1. The summed E-state index contributed by atoms with van der Waals surface area (Å²) in [6.07, 6.45) is -0.453. The Labute approximate surface area is 143 Å². The van der Waals surface area contributed by atoms with Crippen LogP contribution in [0.2, 0.25) is 5.02 Å². The number of rotatable bonds is 9. The van der Waals surface area contributed by atoms with Crippen LogP contribution in [-0.2, 0) is 11.3 Å². The van der Waals surface area contributed by atoms with E-state index in [1.807, 2.05) is 30.3 Å². The van der Waals surface area contributed by atoms with Crippen LogP contribution in [0.25, 0.3) is 0 Å².